The molecule has 0 fully saturated rings. The summed E-state index contributed by atoms with van der Waals surface area (Å²) in [5, 5.41) is 17.7. The van der Waals surface area contributed by atoms with Crippen molar-refractivity contribution in [3.8, 4) is 0 Å². The SMILES string of the molecule is OC[C@@H](Br)[C@@H](Br)C[C@H](Br)[C@H](Br)CO. The maximum absolute atomic E-state index is 8.86. The molecule has 0 aliphatic heterocycles. The Morgan fingerprint density at radius 1 is 0.692 bits per heavy atom. The van der Waals surface area contributed by atoms with Crippen molar-refractivity contribution in [1.29, 1.82) is 0 Å². The molecule has 0 aromatic rings. The molecule has 0 rings (SSSR count). The van der Waals surface area contributed by atoms with E-state index in [1.807, 2.05) is 0 Å². The molecule has 0 heterocycles. The Kier molecular flexibility index (Phi) is 9.18. The van der Waals surface area contributed by atoms with E-state index in [4.69, 9.17) is 10.2 Å². The van der Waals surface area contributed by atoms with Gasteiger partial charge in [0.15, 0.2) is 0 Å². The molecule has 0 saturated carbocycles. The van der Waals surface area contributed by atoms with E-state index < -0.39 is 0 Å². The number of alkyl halides is 4. The number of hydrogen-bond donors (Lipinski definition) is 2. The third-order valence-electron chi connectivity index (χ3n) is 1.58. The summed E-state index contributed by atoms with van der Waals surface area (Å²) in [6, 6.07) is 0. The van der Waals surface area contributed by atoms with Crippen LogP contribution in [0.1, 0.15) is 6.42 Å². The van der Waals surface area contributed by atoms with E-state index in [1.54, 1.807) is 0 Å². The van der Waals surface area contributed by atoms with E-state index in [1.165, 1.54) is 0 Å². The molecule has 0 aliphatic rings. The molecular formula is C7H12Br4O2. The molecule has 0 radical (unpaired) electrons. The van der Waals surface area contributed by atoms with E-state index in [-0.39, 0.29) is 32.5 Å². The summed E-state index contributed by atoms with van der Waals surface area (Å²) in [4.78, 5) is 0.471. The largest absolute Gasteiger partial charge is 0.395 e. The van der Waals surface area contributed by atoms with Crippen LogP contribution in [0.5, 0.6) is 0 Å². The Labute approximate surface area is 112 Å². The van der Waals surface area contributed by atoms with Crippen LogP contribution in [0, 0.1) is 0 Å². The van der Waals surface area contributed by atoms with Crippen LogP contribution in [0.15, 0.2) is 0 Å². The van der Waals surface area contributed by atoms with Crippen LogP contribution >= 0.6 is 63.7 Å². The summed E-state index contributed by atoms with van der Waals surface area (Å²) >= 11 is 13.6. The van der Waals surface area contributed by atoms with Crippen LogP contribution in [-0.4, -0.2) is 42.7 Å². The molecule has 0 aliphatic carbocycles. The topological polar surface area (TPSA) is 40.5 Å². The van der Waals surface area contributed by atoms with E-state index in [9.17, 15) is 0 Å². The molecule has 6 heteroatoms. The van der Waals surface area contributed by atoms with Crippen molar-refractivity contribution in [3.63, 3.8) is 0 Å². The lowest BCUT2D eigenvalue weighted by Crippen LogP contribution is -2.27. The first-order valence-electron chi connectivity index (χ1n) is 3.80. The van der Waals surface area contributed by atoms with Gasteiger partial charge in [-0.2, -0.15) is 0 Å². The molecule has 0 bridgehead atoms. The fourth-order valence-electron chi connectivity index (χ4n) is 0.739. The van der Waals surface area contributed by atoms with Crippen molar-refractivity contribution in [2.45, 2.75) is 25.7 Å². The zero-order valence-electron chi connectivity index (χ0n) is 6.84. The minimum absolute atomic E-state index is 0.0472. The van der Waals surface area contributed by atoms with Crippen molar-refractivity contribution in [1.82, 2.24) is 0 Å². The van der Waals surface area contributed by atoms with Crippen LogP contribution in [0.2, 0.25) is 0 Å². The highest BCUT2D eigenvalue weighted by atomic mass is 79.9. The van der Waals surface area contributed by atoms with E-state index in [0.29, 0.717) is 0 Å². The van der Waals surface area contributed by atoms with E-state index >= 15 is 0 Å². The van der Waals surface area contributed by atoms with Gasteiger partial charge in [-0.3, -0.25) is 0 Å². The van der Waals surface area contributed by atoms with Crippen LogP contribution < -0.4 is 0 Å². The number of halogens is 4. The molecular weight excluding hydrogens is 436 g/mol. The molecule has 0 spiro atoms. The molecule has 80 valence electrons. The highest BCUT2D eigenvalue weighted by Gasteiger charge is 2.22. The average molecular weight is 448 g/mol. The second-order valence-corrected chi connectivity index (χ2v) is 7.37. The molecule has 2 N–H and O–H groups in total. The Balaban J connectivity index is 3.83. The van der Waals surface area contributed by atoms with Gasteiger partial charge in [-0.05, 0) is 6.42 Å². The van der Waals surface area contributed by atoms with Gasteiger partial charge < -0.3 is 10.2 Å². The number of hydrogen-bond acceptors (Lipinski definition) is 2. The quantitative estimate of drug-likeness (QED) is 0.614. The second kappa shape index (κ2) is 8.05. The zero-order valence-corrected chi connectivity index (χ0v) is 13.2. The molecule has 4 atom stereocenters. The van der Waals surface area contributed by atoms with Crippen molar-refractivity contribution < 1.29 is 10.2 Å². The minimum atomic E-state index is 0.0472. The summed E-state index contributed by atoms with van der Waals surface area (Å²) in [6.45, 7) is 0.198. The van der Waals surface area contributed by atoms with Crippen molar-refractivity contribution in [2.75, 3.05) is 13.2 Å². The summed E-state index contributed by atoms with van der Waals surface area (Å²) in [5.41, 5.74) is 0. The predicted molar refractivity (Wildman–Crippen MR) is 69.6 cm³/mol. The minimum Gasteiger partial charge on any atom is -0.395 e. The van der Waals surface area contributed by atoms with Crippen molar-refractivity contribution in [2.24, 2.45) is 0 Å². The van der Waals surface area contributed by atoms with Gasteiger partial charge in [-0.15, -0.1) is 0 Å². The van der Waals surface area contributed by atoms with Gasteiger partial charge in [-0.1, -0.05) is 63.7 Å². The third kappa shape index (κ3) is 6.10. The van der Waals surface area contributed by atoms with Gasteiger partial charge >= 0.3 is 0 Å². The van der Waals surface area contributed by atoms with Gasteiger partial charge in [0.25, 0.3) is 0 Å². The number of aliphatic hydroxyl groups is 2. The van der Waals surface area contributed by atoms with Crippen LogP contribution in [0.25, 0.3) is 0 Å². The first kappa shape index (κ1) is 14.8. The maximum atomic E-state index is 8.86. The molecule has 0 amide bonds. The van der Waals surface area contributed by atoms with Crippen molar-refractivity contribution in [3.05, 3.63) is 0 Å². The summed E-state index contributed by atoms with van der Waals surface area (Å²) in [5.74, 6) is 0. The van der Waals surface area contributed by atoms with Gasteiger partial charge in [0.2, 0.25) is 0 Å². The number of aliphatic hydroxyl groups excluding tert-OH is 2. The molecule has 0 saturated heterocycles. The Bertz CT molecular complexity index is 122. The Hall–Kier alpha value is 1.84. The highest BCUT2D eigenvalue weighted by molar-refractivity contribution is 9.13. The Morgan fingerprint density at radius 3 is 1.23 bits per heavy atom. The molecule has 2 nitrogen and oxygen atoms in total. The fraction of sp³-hybridized carbons (Fsp3) is 1.00. The monoisotopic (exact) mass is 444 g/mol. The van der Waals surface area contributed by atoms with Crippen LogP contribution in [-0.2, 0) is 0 Å². The summed E-state index contributed by atoms with van der Waals surface area (Å²) in [7, 11) is 0. The standard InChI is InChI=1S/C7H12Br4O2/c8-4(6(10)2-12)1-5(9)7(11)3-13/h4-7,12-13H,1-3H2/t4-,5-,6+,7+/m0/s1. The predicted octanol–water partition coefficient (Wildman–Crippen LogP) is 2.42. The number of rotatable bonds is 6. The lowest BCUT2D eigenvalue weighted by molar-refractivity contribution is 0.285. The van der Waals surface area contributed by atoms with Crippen LogP contribution in [0.4, 0.5) is 0 Å². The Morgan fingerprint density at radius 2 is 1.00 bits per heavy atom. The highest BCUT2D eigenvalue weighted by Crippen LogP contribution is 2.26. The van der Waals surface area contributed by atoms with Crippen LogP contribution in [0.3, 0.4) is 0 Å². The fourth-order valence-corrected chi connectivity index (χ4v) is 2.81. The normalized spacial score (nSPS) is 20.8. The lowest BCUT2D eigenvalue weighted by Gasteiger charge is -2.20. The second-order valence-electron chi connectivity index (χ2n) is 2.66. The molecule has 0 aromatic carbocycles. The van der Waals surface area contributed by atoms with Crippen molar-refractivity contribution >= 4 is 63.7 Å². The summed E-state index contributed by atoms with van der Waals surface area (Å²) in [6.07, 6.45) is 0.826. The first-order valence-corrected chi connectivity index (χ1v) is 7.47. The summed E-state index contributed by atoms with van der Waals surface area (Å²) < 4.78 is 0. The molecule has 0 unspecified atom stereocenters. The van der Waals surface area contributed by atoms with Gasteiger partial charge in [0.05, 0.1) is 22.9 Å². The van der Waals surface area contributed by atoms with Gasteiger partial charge in [0.1, 0.15) is 0 Å². The third-order valence-corrected chi connectivity index (χ3v) is 6.88. The maximum Gasteiger partial charge on any atom is 0.0567 e. The van der Waals surface area contributed by atoms with E-state index in [2.05, 4.69) is 63.7 Å². The smallest absolute Gasteiger partial charge is 0.0567 e. The lowest BCUT2D eigenvalue weighted by atomic mass is 10.1. The molecule has 0 aromatic heterocycles. The van der Waals surface area contributed by atoms with E-state index in [0.717, 1.165) is 6.42 Å². The first-order chi connectivity index (χ1) is 6.02. The molecule has 13 heavy (non-hydrogen) atoms. The van der Waals surface area contributed by atoms with Gasteiger partial charge in [-0.25, -0.2) is 0 Å². The van der Waals surface area contributed by atoms with Gasteiger partial charge in [0, 0.05) is 9.65 Å². The average Bonchev–Trinajstić information content (AvgIpc) is 2.14. The zero-order chi connectivity index (χ0) is 10.4.